The minimum Gasteiger partial charge on any atom is -0.315 e. The molecule has 2 fully saturated rings. The van der Waals surface area contributed by atoms with Crippen molar-refractivity contribution in [3.05, 3.63) is 29.6 Å². The first kappa shape index (κ1) is 18.4. The summed E-state index contributed by atoms with van der Waals surface area (Å²) in [7, 11) is -3.13. The topological polar surface area (TPSA) is 66.8 Å². The second-order valence-electron chi connectivity index (χ2n) is 6.50. The third-order valence-electron chi connectivity index (χ3n) is 4.46. The van der Waals surface area contributed by atoms with Crippen LogP contribution in [-0.2, 0) is 14.6 Å². The highest BCUT2D eigenvalue weighted by molar-refractivity contribution is 8.16. The third-order valence-corrected chi connectivity index (χ3v) is 7.67. The van der Waals surface area contributed by atoms with Gasteiger partial charge in [0, 0.05) is 17.4 Å². The number of sulfone groups is 1. The summed E-state index contributed by atoms with van der Waals surface area (Å²) in [5.41, 5.74) is 1.06. The molecule has 0 saturated carbocycles. The predicted octanol–water partition coefficient (Wildman–Crippen LogP) is 2.93. The van der Waals surface area contributed by atoms with Crippen LogP contribution in [0.5, 0.6) is 0 Å². The minimum absolute atomic E-state index is 0.00231. The van der Waals surface area contributed by atoms with Crippen molar-refractivity contribution >= 4 is 38.4 Å². The Hall–Kier alpha value is -1.41. The average molecular weight is 384 g/mol. The Balaban J connectivity index is 1.96. The highest BCUT2D eigenvalue weighted by Crippen LogP contribution is 2.41. The summed E-state index contributed by atoms with van der Waals surface area (Å²) in [6, 6.07) is 4.48. The maximum Gasteiger partial charge on any atom is 0.248 e. The smallest absolute Gasteiger partial charge is 0.248 e. The van der Waals surface area contributed by atoms with Gasteiger partial charge in [0.15, 0.2) is 15.0 Å². The molecule has 0 bridgehead atoms. The molecule has 3 rings (SSSR count). The first-order chi connectivity index (χ1) is 11.8. The van der Waals surface area contributed by atoms with Crippen molar-refractivity contribution in [1.82, 2.24) is 0 Å². The number of rotatable bonds is 4. The van der Waals surface area contributed by atoms with Crippen LogP contribution in [0.25, 0.3) is 0 Å². The lowest BCUT2D eigenvalue weighted by molar-refractivity contribution is -0.117. The van der Waals surface area contributed by atoms with Gasteiger partial charge < -0.3 is 4.90 Å². The number of unbranched alkanes of at least 4 members (excludes halogenated alkanes) is 1. The van der Waals surface area contributed by atoms with Crippen LogP contribution in [0.2, 0.25) is 0 Å². The maximum absolute atomic E-state index is 14.0. The largest absolute Gasteiger partial charge is 0.315 e. The molecule has 0 unspecified atom stereocenters. The van der Waals surface area contributed by atoms with E-state index in [9.17, 15) is 17.6 Å². The lowest BCUT2D eigenvalue weighted by atomic mass is 10.1. The zero-order valence-electron chi connectivity index (χ0n) is 14.2. The van der Waals surface area contributed by atoms with Gasteiger partial charge in [-0.2, -0.15) is 4.99 Å². The number of amides is 1. The number of aliphatic imine (C=N–C) groups is 1. The minimum atomic E-state index is -3.13. The molecule has 0 radical (unpaired) electrons. The summed E-state index contributed by atoms with van der Waals surface area (Å²) in [4.78, 5) is 18.0. The molecular weight excluding hydrogens is 363 g/mol. The second kappa shape index (κ2) is 7.07. The molecule has 5 nitrogen and oxygen atoms in total. The third kappa shape index (κ3) is 3.89. The van der Waals surface area contributed by atoms with Gasteiger partial charge in [-0.1, -0.05) is 31.2 Å². The zero-order chi connectivity index (χ0) is 18.2. The van der Waals surface area contributed by atoms with Gasteiger partial charge in [0.05, 0.1) is 17.5 Å². The standard InChI is InChI=1S/C17H21FN2O3S2/c1-3-4-5-16(21)19-17-20(12-7-6-11(2)13(18)8-12)14-9-25(22,23)10-15(14)24-17/h6-8,14-15H,3-5,9-10H2,1-2H3/t14-,15-/m0/s1. The van der Waals surface area contributed by atoms with Crippen molar-refractivity contribution in [2.24, 2.45) is 4.99 Å². The van der Waals surface area contributed by atoms with E-state index in [4.69, 9.17) is 0 Å². The SMILES string of the molecule is CCCCC(=O)N=C1S[C@H]2CS(=O)(=O)C[C@@H]2N1c1ccc(C)c(F)c1. The van der Waals surface area contributed by atoms with E-state index in [1.165, 1.54) is 17.8 Å². The van der Waals surface area contributed by atoms with Crippen molar-refractivity contribution in [2.75, 3.05) is 16.4 Å². The number of fused-ring (bicyclic) bond motifs is 1. The van der Waals surface area contributed by atoms with Gasteiger partial charge in [0.25, 0.3) is 0 Å². The Morgan fingerprint density at radius 1 is 1.40 bits per heavy atom. The molecule has 0 aliphatic carbocycles. The van der Waals surface area contributed by atoms with Crippen LogP contribution < -0.4 is 4.90 Å². The Morgan fingerprint density at radius 3 is 2.84 bits per heavy atom. The maximum atomic E-state index is 14.0. The van der Waals surface area contributed by atoms with Crippen LogP contribution in [0, 0.1) is 12.7 Å². The fourth-order valence-electron chi connectivity index (χ4n) is 3.09. The molecular formula is C17H21FN2O3S2. The molecule has 25 heavy (non-hydrogen) atoms. The van der Waals surface area contributed by atoms with E-state index in [0.29, 0.717) is 22.8 Å². The molecule has 1 aromatic rings. The number of carbonyl (C=O) groups excluding carboxylic acids is 1. The molecule has 2 aliphatic heterocycles. The first-order valence-corrected chi connectivity index (χ1v) is 11.0. The molecule has 0 N–H and O–H groups in total. The molecule has 1 amide bonds. The van der Waals surface area contributed by atoms with E-state index in [1.807, 2.05) is 6.92 Å². The van der Waals surface area contributed by atoms with Gasteiger partial charge in [-0.25, -0.2) is 12.8 Å². The predicted molar refractivity (Wildman–Crippen MR) is 99.4 cm³/mol. The quantitative estimate of drug-likeness (QED) is 0.798. The number of carbonyl (C=O) groups is 1. The van der Waals surface area contributed by atoms with Crippen molar-refractivity contribution < 1.29 is 17.6 Å². The second-order valence-corrected chi connectivity index (χ2v) is 9.86. The van der Waals surface area contributed by atoms with Crippen molar-refractivity contribution in [1.29, 1.82) is 0 Å². The van der Waals surface area contributed by atoms with Crippen LogP contribution >= 0.6 is 11.8 Å². The molecule has 2 aliphatic rings. The molecule has 2 heterocycles. The van der Waals surface area contributed by atoms with E-state index < -0.39 is 9.84 Å². The number of halogens is 1. The molecule has 136 valence electrons. The Bertz CT molecular complexity index is 823. The van der Waals surface area contributed by atoms with Gasteiger partial charge >= 0.3 is 0 Å². The summed E-state index contributed by atoms with van der Waals surface area (Å²) in [6.07, 6.45) is 2.03. The summed E-state index contributed by atoms with van der Waals surface area (Å²) in [5.74, 6) is -0.509. The summed E-state index contributed by atoms with van der Waals surface area (Å²) < 4.78 is 38.0. The monoisotopic (exact) mass is 384 g/mol. The number of aryl methyl sites for hydroxylation is 1. The number of nitrogens with zero attached hydrogens (tertiary/aromatic N) is 2. The highest BCUT2D eigenvalue weighted by Gasteiger charge is 2.49. The molecule has 0 spiro atoms. The van der Waals surface area contributed by atoms with E-state index in [2.05, 4.69) is 4.99 Å². The van der Waals surface area contributed by atoms with Crippen LogP contribution in [0.15, 0.2) is 23.2 Å². The van der Waals surface area contributed by atoms with Gasteiger partial charge in [0.2, 0.25) is 5.91 Å². The number of hydrogen-bond acceptors (Lipinski definition) is 4. The summed E-state index contributed by atoms with van der Waals surface area (Å²) in [6.45, 7) is 3.67. The van der Waals surface area contributed by atoms with Crippen LogP contribution in [-0.4, -0.2) is 42.3 Å². The number of benzene rings is 1. The van der Waals surface area contributed by atoms with Crippen molar-refractivity contribution in [3.8, 4) is 0 Å². The molecule has 8 heteroatoms. The van der Waals surface area contributed by atoms with Gasteiger partial charge in [-0.15, -0.1) is 0 Å². The fraction of sp³-hybridized carbons (Fsp3) is 0.529. The Labute approximate surface area is 151 Å². The van der Waals surface area contributed by atoms with Gasteiger partial charge in [-0.05, 0) is 31.0 Å². The zero-order valence-corrected chi connectivity index (χ0v) is 15.9. The average Bonchev–Trinajstić information content (AvgIpc) is 2.99. The van der Waals surface area contributed by atoms with Crippen LogP contribution in [0.1, 0.15) is 31.7 Å². The molecule has 0 aromatic heterocycles. The van der Waals surface area contributed by atoms with E-state index in [1.54, 1.807) is 24.0 Å². The van der Waals surface area contributed by atoms with Crippen molar-refractivity contribution in [2.45, 2.75) is 44.4 Å². The molecule has 2 saturated heterocycles. The number of amidine groups is 1. The molecule has 1 aromatic carbocycles. The number of anilines is 1. The Kier molecular flexibility index (Phi) is 5.20. The van der Waals surface area contributed by atoms with Gasteiger partial charge in [0.1, 0.15) is 5.82 Å². The van der Waals surface area contributed by atoms with E-state index in [0.717, 1.165) is 12.8 Å². The van der Waals surface area contributed by atoms with Crippen LogP contribution in [0.3, 0.4) is 0 Å². The number of thioether (sulfide) groups is 1. The number of hydrogen-bond donors (Lipinski definition) is 0. The molecule has 2 atom stereocenters. The van der Waals surface area contributed by atoms with E-state index in [-0.39, 0.29) is 34.5 Å². The van der Waals surface area contributed by atoms with E-state index >= 15 is 0 Å². The fourth-order valence-corrected chi connectivity index (χ4v) is 7.02. The lowest BCUT2D eigenvalue weighted by Gasteiger charge is -2.24. The van der Waals surface area contributed by atoms with Crippen LogP contribution in [0.4, 0.5) is 10.1 Å². The van der Waals surface area contributed by atoms with Crippen molar-refractivity contribution in [3.63, 3.8) is 0 Å². The van der Waals surface area contributed by atoms with Gasteiger partial charge in [-0.3, -0.25) is 4.79 Å². The summed E-state index contributed by atoms with van der Waals surface area (Å²) >= 11 is 1.31. The summed E-state index contributed by atoms with van der Waals surface area (Å²) in [5, 5.41) is 0.307. The normalized spacial score (nSPS) is 26.2. The lowest BCUT2D eigenvalue weighted by Crippen LogP contribution is -2.37. The first-order valence-electron chi connectivity index (χ1n) is 8.34. The highest BCUT2D eigenvalue weighted by atomic mass is 32.2. The Morgan fingerprint density at radius 2 is 2.16 bits per heavy atom.